The van der Waals surface area contributed by atoms with E-state index < -0.39 is 6.61 Å². The first-order valence-electron chi connectivity index (χ1n) is 6.57. The summed E-state index contributed by atoms with van der Waals surface area (Å²) in [4.78, 5) is 0. The second-order valence-corrected chi connectivity index (χ2v) is 4.39. The molecular formula is C14H21F2NO3. The molecule has 0 aromatic heterocycles. The average molecular weight is 289 g/mol. The summed E-state index contributed by atoms with van der Waals surface area (Å²) in [5.74, 6) is 0.297. The van der Waals surface area contributed by atoms with Gasteiger partial charge in [-0.1, -0.05) is 13.0 Å². The van der Waals surface area contributed by atoms with Crippen LogP contribution in [0.15, 0.2) is 18.2 Å². The number of nitrogens with one attached hydrogen (secondary N) is 1. The number of ether oxygens (including phenoxy) is 2. The standard InChI is InChI=1S/C14H21F2NO3/c1-3-11(18)6-7-17-9-10-4-5-12(19-2)13(8-10)20-14(15)16/h4-5,8,11,14,17-18H,3,6-7,9H2,1-2H3. The van der Waals surface area contributed by atoms with Gasteiger partial charge >= 0.3 is 6.61 Å². The van der Waals surface area contributed by atoms with Crippen molar-refractivity contribution in [1.29, 1.82) is 0 Å². The number of benzene rings is 1. The molecule has 0 aliphatic rings. The maximum atomic E-state index is 12.3. The molecule has 2 N–H and O–H groups in total. The number of hydrogen-bond donors (Lipinski definition) is 2. The quantitative estimate of drug-likeness (QED) is 0.686. The highest BCUT2D eigenvalue weighted by Crippen LogP contribution is 2.29. The monoisotopic (exact) mass is 289 g/mol. The summed E-state index contributed by atoms with van der Waals surface area (Å²) in [7, 11) is 1.40. The van der Waals surface area contributed by atoms with Gasteiger partial charge in [-0.3, -0.25) is 0 Å². The first-order chi connectivity index (χ1) is 9.56. The molecule has 0 spiro atoms. The molecule has 0 bridgehead atoms. The van der Waals surface area contributed by atoms with Crippen molar-refractivity contribution in [1.82, 2.24) is 5.32 Å². The van der Waals surface area contributed by atoms with Gasteiger partial charge in [0.25, 0.3) is 0 Å². The fraction of sp³-hybridized carbons (Fsp3) is 0.571. The van der Waals surface area contributed by atoms with Crippen LogP contribution < -0.4 is 14.8 Å². The maximum absolute atomic E-state index is 12.3. The van der Waals surface area contributed by atoms with Crippen LogP contribution in [0.5, 0.6) is 11.5 Å². The Morgan fingerprint density at radius 2 is 2.05 bits per heavy atom. The minimum absolute atomic E-state index is 0.0235. The minimum Gasteiger partial charge on any atom is -0.493 e. The molecule has 0 saturated heterocycles. The fourth-order valence-corrected chi connectivity index (χ4v) is 1.72. The maximum Gasteiger partial charge on any atom is 0.387 e. The molecule has 114 valence electrons. The molecular weight excluding hydrogens is 268 g/mol. The zero-order valence-electron chi connectivity index (χ0n) is 11.7. The number of halogens is 2. The van der Waals surface area contributed by atoms with Gasteiger partial charge < -0.3 is 19.9 Å². The summed E-state index contributed by atoms with van der Waals surface area (Å²) in [6, 6.07) is 4.89. The van der Waals surface area contributed by atoms with Crippen LogP contribution in [0.4, 0.5) is 8.78 Å². The highest BCUT2D eigenvalue weighted by atomic mass is 19.3. The van der Waals surface area contributed by atoms with Crippen LogP contribution in [0.25, 0.3) is 0 Å². The van der Waals surface area contributed by atoms with E-state index in [1.807, 2.05) is 6.92 Å². The van der Waals surface area contributed by atoms with Gasteiger partial charge in [-0.05, 0) is 37.1 Å². The molecule has 0 radical (unpaired) electrons. The van der Waals surface area contributed by atoms with E-state index >= 15 is 0 Å². The zero-order valence-corrected chi connectivity index (χ0v) is 11.7. The Bertz CT molecular complexity index is 402. The van der Waals surface area contributed by atoms with Crippen LogP contribution in [-0.2, 0) is 6.54 Å². The smallest absolute Gasteiger partial charge is 0.387 e. The lowest BCUT2D eigenvalue weighted by molar-refractivity contribution is -0.0512. The van der Waals surface area contributed by atoms with E-state index in [-0.39, 0.29) is 17.6 Å². The van der Waals surface area contributed by atoms with Gasteiger partial charge in [0.15, 0.2) is 11.5 Å². The molecule has 0 aliphatic carbocycles. The molecule has 20 heavy (non-hydrogen) atoms. The predicted molar refractivity (Wildman–Crippen MR) is 72.2 cm³/mol. The number of aliphatic hydroxyl groups excluding tert-OH is 1. The van der Waals surface area contributed by atoms with Crippen molar-refractivity contribution in [3.05, 3.63) is 23.8 Å². The first-order valence-corrected chi connectivity index (χ1v) is 6.57. The molecule has 0 aliphatic heterocycles. The highest BCUT2D eigenvalue weighted by molar-refractivity contribution is 5.42. The number of rotatable bonds is 9. The molecule has 0 saturated carbocycles. The molecule has 1 aromatic rings. The number of alkyl halides is 2. The van der Waals surface area contributed by atoms with Crippen molar-refractivity contribution in [2.45, 2.75) is 39.0 Å². The minimum atomic E-state index is -2.88. The van der Waals surface area contributed by atoms with E-state index in [0.717, 1.165) is 12.0 Å². The van der Waals surface area contributed by atoms with Crippen LogP contribution in [0.2, 0.25) is 0 Å². The first kappa shape index (κ1) is 16.7. The third kappa shape index (κ3) is 5.71. The van der Waals surface area contributed by atoms with E-state index in [0.29, 0.717) is 19.5 Å². The normalized spacial score (nSPS) is 12.5. The van der Waals surface area contributed by atoms with Crippen LogP contribution in [0.3, 0.4) is 0 Å². The second kappa shape index (κ2) is 8.71. The van der Waals surface area contributed by atoms with Crippen LogP contribution >= 0.6 is 0 Å². The van der Waals surface area contributed by atoms with E-state index in [4.69, 9.17) is 4.74 Å². The summed E-state index contributed by atoms with van der Waals surface area (Å²) in [6.45, 7) is 0.209. The van der Waals surface area contributed by atoms with Crippen molar-refractivity contribution in [3.8, 4) is 11.5 Å². The molecule has 0 fully saturated rings. The zero-order chi connectivity index (χ0) is 15.0. The fourth-order valence-electron chi connectivity index (χ4n) is 1.72. The molecule has 4 nitrogen and oxygen atoms in total. The predicted octanol–water partition coefficient (Wildman–Crippen LogP) is 2.55. The van der Waals surface area contributed by atoms with E-state index in [9.17, 15) is 13.9 Å². The molecule has 1 atom stereocenters. The van der Waals surface area contributed by atoms with Crippen LogP contribution in [-0.4, -0.2) is 31.5 Å². The van der Waals surface area contributed by atoms with Crippen molar-refractivity contribution in [3.63, 3.8) is 0 Å². The van der Waals surface area contributed by atoms with Crippen molar-refractivity contribution < 1.29 is 23.4 Å². The van der Waals surface area contributed by atoms with Crippen molar-refractivity contribution in [2.75, 3.05) is 13.7 Å². The molecule has 6 heteroatoms. The van der Waals surface area contributed by atoms with Crippen LogP contribution in [0, 0.1) is 0 Å². The summed E-state index contributed by atoms with van der Waals surface area (Å²) in [5, 5.41) is 12.5. The Kier molecular flexibility index (Phi) is 7.25. The van der Waals surface area contributed by atoms with E-state index in [1.54, 1.807) is 12.1 Å². The molecule has 1 rings (SSSR count). The average Bonchev–Trinajstić information content (AvgIpc) is 2.43. The van der Waals surface area contributed by atoms with Gasteiger partial charge in [-0.15, -0.1) is 0 Å². The second-order valence-electron chi connectivity index (χ2n) is 4.39. The highest BCUT2D eigenvalue weighted by Gasteiger charge is 2.11. The number of hydrogen-bond acceptors (Lipinski definition) is 4. The van der Waals surface area contributed by atoms with Gasteiger partial charge in [0.1, 0.15) is 0 Å². The molecule has 1 aromatic carbocycles. The number of aliphatic hydroxyl groups is 1. The van der Waals surface area contributed by atoms with Crippen molar-refractivity contribution in [2.24, 2.45) is 0 Å². The largest absolute Gasteiger partial charge is 0.493 e. The van der Waals surface area contributed by atoms with Crippen molar-refractivity contribution >= 4 is 0 Å². The summed E-state index contributed by atoms with van der Waals surface area (Å²) in [6.07, 6.45) is 1.07. The Morgan fingerprint density at radius 1 is 1.30 bits per heavy atom. The van der Waals surface area contributed by atoms with Gasteiger partial charge in [0.05, 0.1) is 13.2 Å². The summed E-state index contributed by atoms with van der Waals surface area (Å²) in [5.41, 5.74) is 0.812. The third-order valence-electron chi connectivity index (χ3n) is 2.90. The lowest BCUT2D eigenvalue weighted by atomic mass is 10.2. The van der Waals surface area contributed by atoms with Gasteiger partial charge in [-0.25, -0.2) is 0 Å². The Balaban J connectivity index is 2.53. The molecule has 0 heterocycles. The van der Waals surface area contributed by atoms with E-state index in [1.165, 1.54) is 13.2 Å². The SMILES string of the molecule is CCC(O)CCNCc1ccc(OC)c(OC(F)F)c1. The molecule has 0 amide bonds. The number of methoxy groups -OCH3 is 1. The van der Waals surface area contributed by atoms with Crippen LogP contribution in [0.1, 0.15) is 25.3 Å². The Labute approximate surface area is 117 Å². The summed E-state index contributed by atoms with van der Waals surface area (Å²) < 4.78 is 33.9. The van der Waals surface area contributed by atoms with Gasteiger partial charge in [-0.2, -0.15) is 8.78 Å². The Hall–Kier alpha value is -1.40. The third-order valence-corrected chi connectivity index (χ3v) is 2.90. The van der Waals surface area contributed by atoms with Gasteiger partial charge in [0.2, 0.25) is 0 Å². The topological polar surface area (TPSA) is 50.7 Å². The summed E-state index contributed by atoms with van der Waals surface area (Å²) >= 11 is 0. The lowest BCUT2D eigenvalue weighted by Crippen LogP contribution is -2.19. The van der Waals surface area contributed by atoms with E-state index in [2.05, 4.69) is 10.1 Å². The molecule has 1 unspecified atom stereocenters. The Morgan fingerprint density at radius 3 is 2.65 bits per heavy atom. The van der Waals surface area contributed by atoms with Gasteiger partial charge in [0, 0.05) is 6.54 Å². The lowest BCUT2D eigenvalue weighted by Gasteiger charge is -2.12.